The van der Waals surface area contributed by atoms with Gasteiger partial charge in [-0.05, 0) is 0 Å². The van der Waals surface area contributed by atoms with Crippen LogP contribution in [0.25, 0.3) is 0 Å². The molecule has 0 aromatic heterocycles. The van der Waals surface area contributed by atoms with Crippen LogP contribution in [0.4, 0.5) is 0 Å². The molecule has 0 radical (unpaired) electrons. The van der Waals surface area contributed by atoms with Gasteiger partial charge in [-0.25, -0.2) is 0 Å². The molecule has 0 amide bonds. The molecule has 0 bridgehead atoms. The Morgan fingerprint density at radius 2 is 1.50 bits per heavy atom. The van der Waals surface area contributed by atoms with Gasteiger partial charge >= 0.3 is 0 Å². The van der Waals surface area contributed by atoms with Gasteiger partial charge in [0.2, 0.25) is 5.78 Å². The molecular weight excluding hydrogens is 244 g/mol. The Balaban J connectivity index is 0. The van der Waals surface area contributed by atoms with E-state index < -0.39 is 42.6 Å². The monoisotopic (exact) mass is 258 g/mol. The highest BCUT2D eigenvalue weighted by molar-refractivity contribution is 6.38. The average Bonchev–Trinajstić information content (AvgIpc) is 2.23. The number of hydrogen-bond acceptors (Lipinski definition) is 7. The number of aliphatic hydroxyl groups excluding tert-OH is 5. The summed E-state index contributed by atoms with van der Waals surface area (Å²) in [6.07, 6.45) is -7.75. The molecule has 0 aliphatic heterocycles. The normalized spacial score (nSPS) is 17.9. The summed E-state index contributed by atoms with van der Waals surface area (Å²) in [4.78, 5) is 21.4. The molecule has 0 aliphatic rings. The van der Waals surface area contributed by atoms with E-state index in [4.69, 9.17) is 25.5 Å². The fraction of sp³-hybridized carbons (Fsp3) is 0.750. The van der Waals surface area contributed by atoms with Crippen molar-refractivity contribution in [3.63, 3.8) is 0 Å². The topological polar surface area (TPSA) is 135 Å². The summed E-state index contributed by atoms with van der Waals surface area (Å²) >= 11 is 0. The Kier molecular flexibility index (Phi) is 8.53. The standard InChI is InChI=1S/C8H14O7.ClH/c1-3(10)5(12)7(14)8(15)6(13)4(11)2-9;/h4,6-9,11,13-15H,2H2,1H3;1H/t4-,6-,7+,8+;/m1./s1. The zero-order chi connectivity index (χ0) is 12.2. The number of rotatable bonds is 6. The Labute approximate surface area is 97.7 Å². The Hall–Kier alpha value is -0.570. The van der Waals surface area contributed by atoms with Crippen molar-refractivity contribution in [2.75, 3.05) is 6.61 Å². The molecule has 5 N–H and O–H groups in total. The van der Waals surface area contributed by atoms with Crippen molar-refractivity contribution in [1.82, 2.24) is 0 Å². The van der Waals surface area contributed by atoms with E-state index in [1.54, 1.807) is 0 Å². The van der Waals surface area contributed by atoms with E-state index in [9.17, 15) is 9.59 Å². The van der Waals surface area contributed by atoms with Gasteiger partial charge in [0.15, 0.2) is 5.78 Å². The Morgan fingerprint density at radius 1 is 1.06 bits per heavy atom. The van der Waals surface area contributed by atoms with Gasteiger partial charge in [-0.15, -0.1) is 12.4 Å². The van der Waals surface area contributed by atoms with Crippen LogP contribution in [0, 0.1) is 0 Å². The van der Waals surface area contributed by atoms with E-state index in [0.717, 1.165) is 6.92 Å². The van der Waals surface area contributed by atoms with Crippen LogP contribution >= 0.6 is 12.4 Å². The first-order valence-corrected chi connectivity index (χ1v) is 4.20. The lowest BCUT2D eigenvalue weighted by atomic mass is 9.99. The summed E-state index contributed by atoms with van der Waals surface area (Å²) in [7, 11) is 0. The third kappa shape index (κ3) is 4.52. The molecule has 0 saturated heterocycles. The number of ketones is 2. The van der Waals surface area contributed by atoms with Gasteiger partial charge in [0.05, 0.1) is 6.61 Å². The molecule has 96 valence electrons. The number of halogens is 1. The SMILES string of the molecule is CC(=O)C(=O)[C@H](O)[C@@H](O)[C@H](O)[C@H](O)CO.Cl. The van der Waals surface area contributed by atoms with Crippen molar-refractivity contribution in [1.29, 1.82) is 0 Å². The quantitative estimate of drug-likeness (QED) is 0.320. The van der Waals surface area contributed by atoms with Crippen LogP contribution in [0.5, 0.6) is 0 Å². The molecule has 8 heteroatoms. The predicted octanol–water partition coefficient (Wildman–Crippen LogP) is -3.00. The largest absolute Gasteiger partial charge is 0.394 e. The number of Topliss-reactive ketones (excluding diaryl/α,β-unsaturated/α-hetero) is 2. The second-order valence-electron chi connectivity index (χ2n) is 3.10. The second kappa shape index (κ2) is 7.66. The van der Waals surface area contributed by atoms with Crippen molar-refractivity contribution < 1.29 is 35.1 Å². The van der Waals surface area contributed by atoms with Gasteiger partial charge in [-0.2, -0.15) is 0 Å². The van der Waals surface area contributed by atoms with Crippen molar-refractivity contribution in [2.24, 2.45) is 0 Å². The minimum Gasteiger partial charge on any atom is -0.394 e. The summed E-state index contributed by atoms with van der Waals surface area (Å²) in [6, 6.07) is 0. The first-order chi connectivity index (χ1) is 6.82. The summed E-state index contributed by atoms with van der Waals surface area (Å²) in [5, 5.41) is 44.7. The highest BCUT2D eigenvalue weighted by Crippen LogP contribution is 2.06. The molecule has 16 heavy (non-hydrogen) atoms. The van der Waals surface area contributed by atoms with Crippen molar-refractivity contribution in [2.45, 2.75) is 31.3 Å². The number of carbonyl (C=O) groups is 2. The molecule has 0 saturated carbocycles. The lowest BCUT2D eigenvalue weighted by molar-refractivity contribution is -0.153. The van der Waals surface area contributed by atoms with E-state index in [1.165, 1.54) is 0 Å². The fourth-order valence-electron chi connectivity index (χ4n) is 0.886. The molecule has 0 rings (SSSR count). The van der Waals surface area contributed by atoms with Crippen LogP contribution < -0.4 is 0 Å². The molecule has 0 aromatic carbocycles. The summed E-state index contributed by atoms with van der Waals surface area (Å²) in [5.74, 6) is -2.25. The molecule has 4 atom stereocenters. The van der Waals surface area contributed by atoms with Gasteiger partial charge in [0.1, 0.15) is 24.4 Å². The summed E-state index contributed by atoms with van der Waals surface area (Å²) in [5.41, 5.74) is 0. The van der Waals surface area contributed by atoms with Gasteiger partial charge in [0.25, 0.3) is 0 Å². The maximum atomic E-state index is 10.9. The maximum absolute atomic E-state index is 10.9. The highest BCUT2D eigenvalue weighted by atomic mass is 35.5. The zero-order valence-corrected chi connectivity index (χ0v) is 9.29. The van der Waals surface area contributed by atoms with Crippen LogP contribution in [0.2, 0.25) is 0 Å². The lowest BCUT2D eigenvalue weighted by Crippen LogP contribution is -2.49. The van der Waals surface area contributed by atoms with Crippen LogP contribution in [0.3, 0.4) is 0 Å². The molecule has 0 aromatic rings. The van der Waals surface area contributed by atoms with E-state index in [1.807, 2.05) is 0 Å². The van der Waals surface area contributed by atoms with Gasteiger partial charge in [-0.3, -0.25) is 9.59 Å². The van der Waals surface area contributed by atoms with E-state index >= 15 is 0 Å². The maximum Gasteiger partial charge on any atom is 0.229 e. The lowest BCUT2D eigenvalue weighted by Gasteiger charge is -2.24. The smallest absolute Gasteiger partial charge is 0.229 e. The average molecular weight is 259 g/mol. The van der Waals surface area contributed by atoms with Gasteiger partial charge < -0.3 is 25.5 Å². The van der Waals surface area contributed by atoms with Crippen LogP contribution in [0.1, 0.15) is 6.92 Å². The van der Waals surface area contributed by atoms with Crippen molar-refractivity contribution in [3.8, 4) is 0 Å². The molecule has 7 nitrogen and oxygen atoms in total. The van der Waals surface area contributed by atoms with E-state index in [2.05, 4.69) is 0 Å². The molecular formula is C8H15ClO7. The van der Waals surface area contributed by atoms with Gasteiger partial charge in [-0.1, -0.05) is 0 Å². The molecule has 0 unspecified atom stereocenters. The Bertz CT molecular complexity index is 245. The third-order valence-electron chi connectivity index (χ3n) is 1.87. The molecule has 0 fully saturated rings. The van der Waals surface area contributed by atoms with Crippen LogP contribution in [0.15, 0.2) is 0 Å². The summed E-state index contributed by atoms with van der Waals surface area (Å²) in [6.45, 7) is 0.0480. The molecule has 0 heterocycles. The zero-order valence-electron chi connectivity index (χ0n) is 8.48. The fourth-order valence-corrected chi connectivity index (χ4v) is 0.886. The first-order valence-electron chi connectivity index (χ1n) is 4.20. The Morgan fingerprint density at radius 3 is 1.81 bits per heavy atom. The van der Waals surface area contributed by atoms with Crippen molar-refractivity contribution >= 4 is 24.0 Å². The number of hydrogen-bond donors (Lipinski definition) is 5. The van der Waals surface area contributed by atoms with E-state index in [0.29, 0.717) is 0 Å². The first kappa shape index (κ1) is 17.8. The van der Waals surface area contributed by atoms with E-state index in [-0.39, 0.29) is 12.4 Å². The number of carbonyl (C=O) groups excluding carboxylic acids is 2. The van der Waals surface area contributed by atoms with Crippen LogP contribution in [-0.2, 0) is 9.59 Å². The third-order valence-corrected chi connectivity index (χ3v) is 1.87. The van der Waals surface area contributed by atoms with Crippen LogP contribution in [-0.4, -0.2) is 68.1 Å². The minimum atomic E-state index is -2.11. The highest BCUT2D eigenvalue weighted by Gasteiger charge is 2.35. The number of aliphatic hydroxyl groups is 5. The van der Waals surface area contributed by atoms with Gasteiger partial charge in [0, 0.05) is 6.92 Å². The second-order valence-corrected chi connectivity index (χ2v) is 3.10. The predicted molar refractivity (Wildman–Crippen MR) is 54.0 cm³/mol. The molecule has 0 aliphatic carbocycles. The minimum absolute atomic E-state index is 0. The summed E-state index contributed by atoms with van der Waals surface area (Å²) < 4.78 is 0. The molecule has 0 spiro atoms. The van der Waals surface area contributed by atoms with Crippen molar-refractivity contribution in [3.05, 3.63) is 0 Å².